The second kappa shape index (κ2) is 6.02. The number of nitrogen functional groups attached to an aromatic ring is 3. The Bertz CT molecular complexity index is 632. The van der Waals surface area contributed by atoms with Gasteiger partial charge < -0.3 is 22.5 Å². The van der Waals surface area contributed by atoms with Crippen LogP contribution in [0.5, 0.6) is 0 Å². The molecular weight excluding hydrogens is 248 g/mol. The predicted molar refractivity (Wildman–Crippen MR) is 88.4 cm³/mol. The van der Waals surface area contributed by atoms with Gasteiger partial charge in [-0.1, -0.05) is 12.2 Å². The van der Waals surface area contributed by atoms with E-state index in [0.29, 0.717) is 12.2 Å². The fraction of sp³-hybridized carbons (Fsp3) is 0.125. The Morgan fingerprint density at radius 3 is 2.50 bits per heavy atom. The molecule has 0 aromatic heterocycles. The average Bonchev–Trinajstić information content (AvgIpc) is 2.42. The van der Waals surface area contributed by atoms with Gasteiger partial charge in [0, 0.05) is 29.3 Å². The van der Waals surface area contributed by atoms with Gasteiger partial charge in [0.2, 0.25) is 0 Å². The van der Waals surface area contributed by atoms with E-state index in [-0.39, 0.29) is 0 Å². The van der Waals surface area contributed by atoms with Crippen molar-refractivity contribution in [3.63, 3.8) is 0 Å². The van der Waals surface area contributed by atoms with E-state index in [1.807, 2.05) is 49.4 Å². The summed E-state index contributed by atoms with van der Waals surface area (Å²) in [6.45, 7) is 2.70. The van der Waals surface area contributed by atoms with Crippen LogP contribution < -0.4 is 22.5 Å². The summed E-state index contributed by atoms with van der Waals surface area (Å²) in [5.41, 5.74) is 22.7. The molecule has 20 heavy (non-hydrogen) atoms. The quantitative estimate of drug-likeness (QED) is 0.642. The van der Waals surface area contributed by atoms with Crippen LogP contribution in [0.1, 0.15) is 11.1 Å². The fourth-order valence-corrected chi connectivity index (χ4v) is 1.89. The molecule has 2 aromatic carbocycles. The van der Waals surface area contributed by atoms with Crippen molar-refractivity contribution in [1.29, 1.82) is 0 Å². The molecule has 0 aliphatic rings. The highest BCUT2D eigenvalue weighted by molar-refractivity contribution is 5.68. The number of aryl methyl sites for hydroxylation is 1. The van der Waals surface area contributed by atoms with Gasteiger partial charge in [0.25, 0.3) is 0 Å². The number of benzene rings is 2. The number of hydrogen-bond donors (Lipinski definition) is 4. The Kier molecular flexibility index (Phi) is 4.15. The second-order valence-corrected chi connectivity index (χ2v) is 4.74. The van der Waals surface area contributed by atoms with E-state index in [4.69, 9.17) is 17.2 Å². The van der Waals surface area contributed by atoms with Gasteiger partial charge >= 0.3 is 0 Å². The average molecular weight is 268 g/mol. The minimum Gasteiger partial charge on any atom is -0.399 e. The van der Waals surface area contributed by atoms with E-state index >= 15 is 0 Å². The van der Waals surface area contributed by atoms with Gasteiger partial charge in [-0.15, -0.1) is 0 Å². The Balaban J connectivity index is 1.96. The molecule has 0 unspecified atom stereocenters. The van der Waals surface area contributed by atoms with E-state index in [1.165, 1.54) is 0 Å². The van der Waals surface area contributed by atoms with Crippen LogP contribution in [0.3, 0.4) is 0 Å². The van der Waals surface area contributed by atoms with Crippen LogP contribution in [0.15, 0.2) is 42.5 Å². The Morgan fingerprint density at radius 2 is 1.75 bits per heavy atom. The second-order valence-electron chi connectivity index (χ2n) is 4.74. The summed E-state index contributed by atoms with van der Waals surface area (Å²) in [6.07, 6.45) is 3.97. The standard InChI is InChI=1S/C16H20N4/c1-11-9-14(5-7-15(11)18)20-8-2-3-12-10-13(17)4-6-16(12)19/h2-7,9-10,20H,8,17-19H2,1H3/b3-2+. The predicted octanol–water partition coefficient (Wildman–Crippen LogP) is 2.87. The zero-order chi connectivity index (χ0) is 14.5. The molecule has 0 aliphatic carbocycles. The highest BCUT2D eigenvalue weighted by atomic mass is 14.9. The van der Waals surface area contributed by atoms with Crippen LogP contribution in [-0.2, 0) is 0 Å². The summed E-state index contributed by atoms with van der Waals surface area (Å²) >= 11 is 0. The third kappa shape index (κ3) is 3.45. The summed E-state index contributed by atoms with van der Waals surface area (Å²) in [5, 5.41) is 3.30. The van der Waals surface area contributed by atoms with E-state index in [0.717, 1.165) is 28.2 Å². The highest BCUT2D eigenvalue weighted by Crippen LogP contribution is 2.18. The molecule has 0 spiro atoms. The van der Waals surface area contributed by atoms with E-state index in [2.05, 4.69) is 5.32 Å². The Labute approximate surface area is 119 Å². The molecule has 0 radical (unpaired) electrons. The van der Waals surface area contributed by atoms with Crippen LogP contribution in [0.4, 0.5) is 22.7 Å². The van der Waals surface area contributed by atoms with Crippen molar-refractivity contribution in [3.05, 3.63) is 53.6 Å². The maximum absolute atomic E-state index is 5.88. The summed E-state index contributed by atoms with van der Waals surface area (Å²) in [5.74, 6) is 0. The topological polar surface area (TPSA) is 90.1 Å². The van der Waals surface area contributed by atoms with Gasteiger partial charge in [-0.3, -0.25) is 0 Å². The first kappa shape index (κ1) is 13.8. The van der Waals surface area contributed by atoms with Crippen molar-refractivity contribution in [1.82, 2.24) is 0 Å². The molecule has 0 fully saturated rings. The smallest absolute Gasteiger partial charge is 0.0389 e. The van der Waals surface area contributed by atoms with Crippen LogP contribution in [-0.4, -0.2) is 6.54 Å². The first-order valence-electron chi connectivity index (χ1n) is 6.48. The van der Waals surface area contributed by atoms with Gasteiger partial charge in [-0.05, 0) is 54.4 Å². The monoisotopic (exact) mass is 268 g/mol. The van der Waals surface area contributed by atoms with Crippen molar-refractivity contribution < 1.29 is 0 Å². The van der Waals surface area contributed by atoms with Crippen LogP contribution in [0, 0.1) is 6.92 Å². The molecular formula is C16H20N4. The Morgan fingerprint density at radius 1 is 1.00 bits per heavy atom. The van der Waals surface area contributed by atoms with Crippen LogP contribution in [0.2, 0.25) is 0 Å². The minimum atomic E-state index is 0.706. The van der Waals surface area contributed by atoms with Crippen molar-refractivity contribution in [2.24, 2.45) is 0 Å². The molecule has 4 heteroatoms. The van der Waals surface area contributed by atoms with Crippen molar-refractivity contribution in [2.45, 2.75) is 6.92 Å². The van der Waals surface area contributed by atoms with Crippen molar-refractivity contribution >= 4 is 28.8 Å². The molecule has 0 saturated heterocycles. The van der Waals surface area contributed by atoms with E-state index < -0.39 is 0 Å². The zero-order valence-electron chi connectivity index (χ0n) is 11.6. The maximum Gasteiger partial charge on any atom is 0.0389 e. The lowest BCUT2D eigenvalue weighted by atomic mass is 10.1. The van der Waals surface area contributed by atoms with E-state index in [1.54, 1.807) is 6.07 Å². The maximum atomic E-state index is 5.88. The molecule has 2 aromatic rings. The molecule has 0 amide bonds. The van der Waals surface area contributed by atoms with E-state index in [9.17, 15) is 0 Å². The number of anilines is 4. The highest BCUT2D eigenvalue weighted by Gasteiger charge is 1.96. The minimum absolute atomic E-state index is 0.706. The lowest BCUT2D eigenvalue weighted by molar-refractivity contribution is 1.33. The molecule has 7 N–H and O–H groups in total. The largest absolute Gasteiger partial charge is 0.399 e. The first-order chi connectivity index (χ1) is 9.56. The lowest BCUT2D eigenvalue weighted by Crippen LogP contribution is -1.99. The molecule has 0 heterocycles. The Hall–Kier alpha value is -2.62. The van der Waals surface area contributed by atoms with Crippen molar-refractivity contribution in [3.8, 4) is 0 Å². The summed E-state index contributed by atoms with van der Waals surface area (Å²) in [7, 11) is 0. The molecule has 0 atom stereocenters. The molecule has 0 aliphatic heterocycles. The third-order valence-electron chi connectivity index (χ3n) is 3.10. The fourth-order valence-electron chi connectivity index (χ4n) is 1.89. The van der Waals surface area contributed by atoms with Gasteiger partial charge in [0.15, 0.2) is 0 Å². The normalized spacial score (nSPS) is 10.8. The summed E-state index contributed by atoms with van der Waals surface area (Å²) in [4.78, 5) is 0. The number of nitrogens with two attached hydrogens (primary N) is 3. The number of nitrogens with one attached hydrogen (secondary N) is 1. The molecule has 0 saturated carbocycles. The number of hydrogen-bond acceptors (Lipinski definition) is 4. The first-order valence-corrected chi connectivity index (χ1v) is 6.48. The van der Waals surface area contributed by atoms with Gasteiger partial charge in [0.1, 0.15) is 0 Å². The van der Waals surface area contributed by atoms with Crippen LogP contribution >= 0.6 is 0 Å². The molecule has 104 valence electrons. The number of rotatable bonds is 4. The van der Waals surface area contributed by atoms with Crippen LogP contribution in [0.25, 0.3) is 6.08 Å². The zero-order valence-corrected chi connectivity index (χ0v) is 11.6. The summed E-state index contributed by atoms with van der Waals surface area (Å²) in [6, 6.07) is 11.4. The van der Waals surface area contributed by atoms with Gasteiger partial charge in [0.05, 0.1) is 0 Å². The third-order valence-corrected chi connectivity index (χ3v) is 3.10. The SMILES string of the molecule is Cc1cc(NC/C=C/c2cc(N)ccc2N)ccc1N. The lowest BCUT2D eigenvalue weighted by Gasteiger charge is -2.06. The summed E-state index contributed by atoms with van der Waals surface area (Å²) < 4.78 is 0. The molecule has 4 nitrogen and oxygen atoms in total. The molecule has 0 bridgehead atoms. The van der Waals surface area contributed by atoms with Gasteiger partial charge in [-0.2, -0.15) is 0 Å². The molecule has 2 rings (SSSR count). The van der Waals surface area contributed by atoms with Gasteiger partial charge in [-0.25, -0.2) is 0 Å². The van der Waals surface area contributed by atoms with Crippen molar-refractivity contribution in [2.75, 3.05) is 29.1 Å².